The van der Waals surface area contributed by atoms with Crippen molar-refractivity contribution in [3.63, 3.8) is 0 Å². The van der Waals surface area contributed by atoms with Crippen molar-refractivity contribution in [2.24, 2.45) is 5.92 Å². The summed E-state index contributed by atoms with van der Waals surface area (Å²) in [5, 5.41) is 5.92. The van der Waals surface area contributed by atoms with E-state index in [0.717, 1.165) is 60.1 Å². The van der Waals surface area contributed by atoms with Gasteiger partial charge in [0, 0.05) is 29.3 Å². The first-order chi connectivity index (χ1) is 15.4. The van der Waals surface area contributed by atoms with Crippen LogP contribution in [0.4, 0.5) is 16.2 Å². The smallest absolute Gasteiger partial charge is 0.322 e. The number of nitrogens with one attached hydrogen (secondary N) is 2. The van der Waals surface area contributed by atoms with E-state index in [2.05, 4.69) is 10.6 Å². The monoisotopic (exact) mass is 435 g/mol. The predicted octanol–water partition coefficient (Wildman–Crippen LogP) is 4.67. The molecule has 0 radical (unpaired) electrons. The van der Waals surface area contributed by atoms with E-state index in [1.165, 1.54) is 0 Å². The minimum Gasteiger partial charge on any atom is -0.496 e. The molecule has 1 aliphatic carbocycles. The number of anilines is 2. The molecule has 0 bridgehead atoms. The summed E-state index contributed by atoms with van der Waals surface area (Å²) in [4.78, 5) is 38.8. The molecule has 0 spiro atoms. The maximum Gasteiger partial charge on any atom is 0.322 e. The van der Waals surface area contributed by atoms with Gasteiger partial charge < -0.3 is 20.3 Å². The van der Waals surface area contributed by atoms with Crippen molar-refractivity contribution in [3.8, 4) is 5.75 Å². The van der Waals surface area contributed by atoms with Crippen molar-refractivity contribution in [2.75, 3.05) is 17.7 Å². The second-order valence-corrected chi connectivity index (χ2v) is 8.68. The van der Waals surface area contributed by atoms with Gasteiger partial charge in [0.1, 0.15) is 5.75 Å². The molecule has 1 fully saturated rings. The van der Waals surface area contributed by atoms with Gasteiger partial charge >= 0.3 is 6.03 Å². The van der Waals surface area contributed by atoms with Gasteiger partial charge in [-0.3, -0.25) is 9.59 Å². The first-order valence-electron chi connectivity index (χ1n) is 11.0. The highest BCUT2D eigenvalue weighted by Gasteiger charge is 2.35. The fourth-order valence-corrected chi connectivity index (χ4v) is 4.73. The summed E-state index contributed by atoms with van der Waals surface area (Å²) in [6.07, 6.45) is 3.77. The molecule has 4 rings (SSSR count). The van der Waals surface area contributed by atoms with E-state index in [1.807, 2.05) is 43.0 Å². The zero-order chi connectivity index (χ0) is 22.8. The van der Waals surface area contributed by atoms with Crippen LogP contribution in [0.25, 0.3) is 0 Å². The molecule has 3 amide bonds. The van der Waals surface area contributed by atoms with Gasteiger partial charge in [0.05, 0.1) is 19.3 Å². The zero-order valence-corrected chi connectivity index (χ0v) is 18.7. The third-order valence-electron chi connectivity index (χ3n) is 6.71. The van der Waals surface area contributed by atoms with Crippen LogP contribution in [0.5, 0.6) is 5.75 Å². The van der Waals surface area contributed by atoms with Gasteiger partial charge in [-0.25, -0.2) is 4.79 Å². The summed E-state index contributed by atoms with van der Waals surface area (Å²) >= 11 is 0. The van der Waals surface area contributed by atoms with Crippen molar-refractivity contribution in [2.45, 2.75) is 52.1 Å². The highest BCUT2D eigenvalue weighted by Crippen LogP contribution is 2.35. The molecule has 0 aromatic heterocycles. The quantitative estimate of drug-likeness (QED) is 0.668. The average Bonchev–Trinajstić information content (AvgIpc) is 2.80. The van der Waals surface area contributed by atoms with E-state index in [9.17, 15) is 14.4 Å². The molecular weight excluding hydrogens is 406 g/mol. The molecule has 1 heterocycles. The number of ether oxygens (including phenoxy) is 1. The fraction of sp³-hybridized carbons (Fsp3) is 0.400. The summed E-state index contributed by atoms with van der Waals surface area (Å²) in [7, 11) is 1.62. The van der Waals surface area contributed by atoms with Crippen molar-refractivity contribution in [1.29, 1.82) is 0 Å². The summed E-state index contributed by atoms with van der Waals surface area (Å²) in [5.41, 5.74) is 4.92. The van der Waals surface area contributed by atoms with Crippen molar-refractivity contribution in [3.05, 3.63) is 52.6 Å². The number of carbonyl (C=O) groups excluding carboxylic acids is 3. The largest absolute Gasteiger partial charge is 0.496 e. The minimum absolute atomic E-state index is 0.00858. The van der Waals surface area contributed by atoms with Gasteiger partial charge in [0.15, 0.2) is 6.29 Å². The standard InChI is InChI=1S/C25H29N3O4/c1-15-4-6-18(14-29)23-21(15)13-28(25(31)27-23)20-10-7-17(8-11-20)24(30)26-19-9-5-16(2)22(12-19)32-3/h4-6,9,12,14,17,20H,7-8,10-11,13H2,1-3H3,(H,26,30)(H,27,31). The van der Waals surface area contributed by atoms with Crippen LogP contribution < -0.4 is 15.4 Å². The summed E-state index contributed by atoms with van der Waals surface area (Å²) < 4.78 is 5.34. The van der Waals surface area contributed by atoms with Crippen LogP contribution in [0, 0.1) is 19.8 Å². The topological polar surface area (TPSA) is 87.7 Å². The first kappa shape index (κ1) is 21.9. The third kappa shape index (κ3) is 4.20. The van der Waals surface area contributed by atoms with E-state index >= 15 is 0 Å². The molecule has 2 aromatic rings. The van der Waals surface area contributed by atoms with Crippen molar-refractivity contribution in [1.82, 2.24) is 4.90 Å². The van der Waals surface area contributed by atoms with E-state index in [4.69, 9.17) is 4.74 Å². The molecule has 0 saturated heterocycles. The number of amides is 3. The molecule has 0 unspecified atom stereocenters. The van der Waals surface area contributed by atoms with Gasteiger partial charge in [-0.1, -0.05) is 12.1 Å². The zero-order valence-electron chi connectivity index (χ0n) is 18.7. The maximum atomic E-state index is 12.8. The molecule has 1 aliphatic heterocycles. The number of rotatable bonds is 5. The Kier molecular flexibility index (Phi) is 6.17. The Bertz CT molecular complexity index is 1060. The molecule has 1 saturated carbocycles. The van der Waals surface area contributed by atoms with Crippen LogP contribution in [0.15, 0.2) is 30.3 Å². The second kappa shape index (κ2) is 9.02. The summed E-state index contributed by atoms with van der Waals surface area (Å²) in [6.45, 7) is 4.44. The van der Waals surface area contributed by atoms with Gasteiger partial charge in [-0.05, 0) is 68.4 Å². The second-order valence-electron chi connectivity index (χ2n) is 8.68. The predicted molar refractivity (Wildman–Crippen MR) is 123 cm³/mol. The SMILES string of the molecule is COc1cc(NC(=O)C2CCC(N3Cc4c(C)ccc(C=O)c4NC3=O)CC2)ccc1C. The Labute approximate surface area is 188 Å². The number of hydrogen-bond acceptors (Lipinski definition) is 4. The molecule has 2 N–H and O–H groups in total. The maximum absolute atomic E-state index is 12.8. The lowest BCUT2D eigenvalue weighted by Crippen LogP contribution is -2.47. The fourth-order valence-electron chi connectivity index (χ4n) is 4.73. The number of aryl methyl sites for hydroxylation is 2. The van der Waals surface area contributed by atoms with Gasteiger partial charge in [-0.2, -0.15) is 0 Å². The number of fused-ring (bicyclic) bond motifs is 1. The average molecular weight is 436 g/mol. The van der Waals surface area contributed by atoms with Crippen molar-refractivity contribution < 1.29 is 19.1 Å². The van der Waals surface area contributed by atoms with Gasteiger partial charge in [0.25, 0.3) is 0 Å². The lowest BCUT2D eigenvalue weighted by atomic mass is 9.84. The normalized spacial score (nSPS) is 20.2. The molecule has 168 valence electrons. The lowest BCUT2D eigenvalue weighted by Gasteiger charge is -2.40. The van der Waals surface area contributed by atoms with E-state index in [1.54, 1.807) is 13.2 Å². The summed E-state index contributed by atoms with van der Waals surface area (Å²) in [6, 6.07) is 9.20. The lowest BCUT2D eigenvalue weighted by molar-refractivity contribution is -0.121. The van der Waals surface area contributed by atoms with Crippen LogP contribution >= 0.6 is 0 Å². The van der Waals surface area contributed by atoms with Gasteiger partial charge in [0.2, 0.25) is 5.91 Å². The van der Waals surface area contributed by atoms with Crippen LogP contribution in [-0.4, -0.2) is 36.3 Å². The molecule has 7 nitrogen and oxygen atoms in total. The minimum atomic E-state index is -0.175. The van der Waals surface area contributed by atoms with Crippen LogP contribution in [0.3, 0.4) is 0 Å². The molecule has 2 aromatic carbocycles. The van der Waals surface area contributed by atoms with Crippen molar-refractivity contribution >= 4 is 29.6 Å². The molecule has 0 atom stereocenters. The number of aldehydes is 1. The number of urea groups is 1. The molecule has 2 aliphatic rings. The van der Waals surface area contributed by atoms with E-state index in [-0.39, 0.29) is 23.9 Å². The third-order valence-corrected chi connectivity index (χ3v) is 6.71. The highest BCUT2D eigenvalue weighted by atomic mass is 16.5. The number of hydrogen-bond donors (Lipinski definition) is 2. The Morgan fingerprint density at radius 2 is 1.84 bits per heavy atom. The van der Waals surface area contributed by atoms with Crippen LogP contribution in [0.2, 0.25) is 0 Å². The Morgan fingerprint density at radius 1 is 1.12 bits per heavy atom. The van der Waals surface area contributed by atoms with E-state index < -0.39 is 0 Å². The Balaban J connectivity index is 1.39. The Hall–Kier alpha value is -3.35. The number of methoxy groups -OCH3 is 1. The van der Waals surface area contributed by atoms with Crippen LogP contribution in [-0.2, 0) is 11.3 Å². The summed E-state index contributed by atoms with van der Waals surface area (Å²) in [5.74, 6) is 0.673. The number of benzene rings is 2. The van der Waals surface area contributed by atoms with Gasteiger partial charge in [-0.15, -0.1) is 0 Å². The molecular formula is C25H29N3O4. The molecule has 32 heavy (non-hydrogen) atoms. The van der Waals surface area contributed by atoms with Crippen LogP contribution in [0.1, 0.15) is 52.7 Å². The molecule has 7 heteroatoms. The first-order valence-corrected chi connectivity index (χ1v) is 11.0. The highest BCUT2D eigenvalue weighted by molar-refractivity contribution is 5.99. The van der Waals surface area contributed by atoms with E-state index in [0.29, 0.717) is 17.8 Å². The number of nitrogens with zero attached hydrogens (tertiary/aromatic N) is 1. The number of carbonyl (C=O) groups is 3. The Morgan fingerprint density at radius 3 is 2.53 bits per heavy atom.